The third kappa shape index (κ3) is 6.50. The van der Waals surface area contributed by atoms with Crippen molar-refractivity contribution in [3.63, 3.8) is 0 Å². The van der Waals surface area contributed by atoms with Crippen LogP contribution in [-0.4, -0.2) is 0 Å². The number of benzene rings is 8. The molecule has 12 aromatic rings. The second-order valence-electron chi connectivity index (χ2n) is 13.6. The third-order valence-corrected chi connectivity index (χ3v) is 11.5. The maximum absolute atomic E-state index is 8.00. The van der Waals surface area contributed by atoms with Crippen LogP contribution in [0.15, 0.2) is 181 Å². The number of anilines is 1. The molecule has 0 saturated carbocycles. The summed E-state index contributed by atoms with van der Waals surface area (Å²) in [5.41, 5.74) is 12.1. The first kappa shape index (κ1) is 38.7. The third-order valence-electron chi connectivity index (χ3n) is 10.5. The van der Waals surface area contributed by atoms with Crippen LogP contribution < -0.4 is 34.4 Å². The fourth-order valence-corrected chi connectivity index (χ4v) is 8.78. The zero-order valence-electron chi connectivity index (χ0n) is 31.2. The minimum Gasteiger partial charge on any atom is -0.455 e. The molecule has 8 aromatic carbocycles. The van der Waals surface area contributed by atoms with Crippen LogP contribution in [0.5, 0.6) is 0 Å². The number of hydrogen-bond donors (Lipinski definition) is 1. The summed E-state index contributed by atoms with van der Waals surface area (Å²) in [6.45, 7) is 0. The van der Waals surface area contributed by atoms with Crippen molar-refractivity contribution in [2.45, 2.75) is 0 Å². The van der Waals surface area contributed by atoms with Crippen molar-refractivity contribution in [1.29, 1.82) is 0 Å². The van der Waals surface area contributed by atoms with Crippen molar-refractivity contribution in [2.24, 2.45) is 5.34 Å². The standard InChI is InChI=1S/C24H14ClNO2.C24H13IO2.HNO2.Na/c25-26-19-13-12-15(22-18-7-2-4-11-21(18)28-24(19)22)17-9-5-8-16-14-6-1-3-10-20(14)27-23(16)17;25-19-13-12-15(22-18-7-2-4-11-21(18)27-24(19)22)17-9-5-8-16-14-6-1-3-10-20(14)26-23(16)17;2-1-3;/h1-13,26H;1-13H;(H,2,3);/q;;;+1/p-1. The fraction of sp³-hybridized carbons (Fsp3) is 0. The van der Waals surface area contributed by atoms with Crippen LogP contribution in [0.4, 0.5) is 5.69 Å². The molecule has 0 aliphatic heterocycles. The van der Waals surface area contributed by atoms with Gasteiger partial charge in [-0.15, -0.1) is 5.34 Å². The van der Waals surface area contributed by atoms with Crippen molar-refractivity contribution >= 4 is 128 Å². The molecule has 0 atom stereocenters. The summed E-state index contributed by atoms with van der Waals surface area (Å²) in [5, 5.41) is 17.9. The number of furan rings is 4. The van der Waals surface area contributed by atoms with Crippen LogP contribution in [0.25, 0.3) is 110 Å². The van der Waals surface area contributed by atoms with E-state index in [1.165, 1.54) is 0 Å². The van der Waals surface area contributed by atoms with E-state index >= 15 is 0 Å². The molecule has 0 amide bonds. The monoisotopic (exact) mass is 912 g/mol. The Hall–Kier alpha value is -5.82. The Morgan fingerprint density at radius 1 is 0.441 bits per heavy atom. The average molecular weight is 913 g/mol. The normalized spacial score (nSPS) is 11.2. The van der Waals surface area contributed by atoms with E-state index in [1.807, 2.05) is 66.7 Å². The van der Waals surface area contributed by atoms with E-state index in [0.29, 0.717) is 0 Å². The first-order valence-corrected chi connectivity index (χ1v) is 19.7. The number of nitrogens with zero attached hydrogens (tertiary/aromatic N) is 1. The van der Waals surface area contributed by atoms with E-state index in [1.54, 1.807) is 0 Å². The minimum absolute atomic E-state index is 0. The van der Waals surface area contributed by atoms with Gasteiger partial charge < -0.3 is 27.8 Å². The summed E-state index contributed by atoms with van der Waals surface area (Å²) in [6.07, 6.45) is 0. The van der Waals surface area contributed by atoms with Crippen LogP contribution in [0, 0.1) is 13.7 Å². The summed E-state index contributed by atoms with van der Waals surface area (Å²) in [4.78, 5) is 10.7. The molecule has 0 fully saturated rings. The zero-order valence-corrected chi connectivity index (χ0v) is 36.1. The number of para-hydroxylation sites is 6. The smallest absolute Gasteiger partial charge is 0.455 e. The molecular weight excluding hydrogens is 886 g/mol. The molecule has 4 heterocycles. The van der Waals surface area contributed by atoms with Crippen LogP contribution in [-0.2, 0) is 0 Å². The Bertz CT molecular complexity index is 3530. The van der Waals surface area contributed by atoms with E-state index < -0.39 is 0 Å². The quantitative estimate of drug-likeness (QED) is 0.0617. The van der Waals surface area contributed by atoms with Gasteiger partial charge in [-0.1, -0.05) is 121 Å². The number of rotatable bonds is 3. The van der Waals surface area contributed by atoms with Gasteiger partial charge in [0.25, 0.3) is 0 Å². The molecule has 0 aliphatic rings. The van der Waals surface area contributed by atoms with Gasteiger partial charge in [0.15, 0.2) is 5.58 Å². The second kappa shape index (κ2) is 16.1. The summed E-state index contributed by atoms with van der Waals surface area (Å²) in [5.74, 6) is 0. The maximum Gasteiger partial charge on any atom is 1.00 e. The summed E-state index contributed by atoms with van der Waals surface area (Å²) in [7, 11) is 0. The van der Waals surface area contributed by atoms with E-state index in [9.17, 15) is 0 Å². The van der Waals surface area contributed by atoms with Gasteiger partial charge in [0.05, 0.1) is 9.26 Å². The minimum atomic E-state index is 0. The van der Waals surface area contributed by atoms with E-state index in [-0.39, 0.29) is 29.6 Å². The van der Waals surface area contributed by atoms with Crippen LogP contribution >= 0.6 is 34.4 Å². The average Bonchev–Trinajstić information content (AvgIpc) is 4.05. The Balaban J connectivity index is 0.000000141. The molecule has 0 aliphatic carbocycles. The van der Waals surface area contributed by atoms with Gasteiger partial charge in [0, 0.05) is 66.0 Å². The predicted molar refractivity (Wildman–Crippen MR) is 244 cm³/mol. The maximum atomic E-state index is 8.00. The van der Waals surface area contributed by atoms with E-state index in [4.69, 9.17) is 39.6 Å². The van der Waals surface area contributed by atoms with Gasteiger partial charge >= 0.3 is 29.6 Å². The molecule has 0 radical (unpaired) electrons. The van der Waals surface area contributed by atoms with Crippen LogP contribution in [0.3, 0.4) is 0 Å². The van der Waals surface area contributed by atoms with Gasteiger partial charge in [-0.05, 0) is 70.1 Å². The SMILES string of the molecule is ClNc1ccc(-c2cccc3c2oc2ccccc23)c2c1oc1ccccc12.Ic1ccc(-c2cccc3c2oc2ccccc23)c2c1oc1ccccc12.O=N[O-].[Na+]. The van der Waals surface area contributed by atoms with Gasteiger partial charge in [0.2, 0.25) is 0 Å². The van der Waals surface area contributed by atoms with Gasteiger partial charge in [-0.2, -0.15) is 0 Å². The van der Waals surface area contributed by atoms with Crippen molar-refractivity contribution in [2.75, 3.05) is 4.84 Å². The van der Waals surface area contributed by atoms with Crippen LogP contribution in [0.1, 0.15) is 0 Å². The second-order valence-corrected chi connectivity index (χ2v) is 14.9. The molecule has 12 rings (SSSR count). The first-order valence-electron chi connectivity index (χ1n) is 18.2. The van der Waals surface area contributed by atoms with E-state index in [2.05, 4.69) is 118 Å². The molecule has 59 heavy (non-hydrogen) atoms. The molecule has 1 N–H and O–H groups in total. The Labute approximate surface area is 375 Å². The van der Waals surface area contributed by atoms with Crippen molar-refractivity contribution in [3.8, 4) is 22.3 Å². The zero-order chi connectivity index (χ0) is 39.3. The Morgan fingerprint density at radius 2 is 0.814 bits per heavy atom. The Morgan fingerprint density at radius 3 is 1.31 bits per heavy atom. The first-order chi connectivity index (χ1) is 28.6. The number of fused-ring (bicyclic) bond motifs is 12. The molecule has 11 heteroatoms. The molecule has 280 valence electrons. The molecule has 0 spiro atoms. The fourth-order valence-electron chi connectivity index (χ4n) is 8.07. The molecule has 0 bridgehead atoms. The molecule has 8 nitrogen and oxygen atoms in total. The number of nitrogens with one attached hydrogen (secondary N) is 1. The Kier molecular flexibility index (Phi) is 10.5. The summed E-state index contributed by atoms with van der Waals surface area (Å²) in [6, 6.07) is 53.5. The van der Waals surface area contributed by atoms with Gasteiger partial charge in [0.1, 0.15) is 39.1 Å². The van der Waals surface area contributed by atoms with Crippen molar-refractivity contribution in [1.82, 2.24) is 0 Å². The van der Waals surface area contributed by atoms with Crippen LogP contribution in [0.2, 0.25) is 0 Å². The van der Waals surface area contributed by atoms with E-state index in [0.717, 1.165) is 125 Å². The van der Waals surface area contributed by atoms with Gasteiger partial charge in [-0.25, -0.2) is 0 Å². The molecule has 0 unspecified atom stereocenters. The molecule has 4 aromatic heterocycles. The number of hydrogen-bond acceptors (Lipinski definition) is 8. The number of halogens is 2. The molecular formula is C48H27ClIN2NaO6. The van der Waals surface area contributed by atoms with Crippen molar-refractivity contribution in [3.05, 3.63) is 171 Å². The summed E-state index contributed by atoms with van der Waals surface area (Å²) < 4.78 is 26.0. The summed E-state index contributed by atoms with van der Waals surface area (Å²) >= 11 is 8.29. The van der Waals surface area contributed by atoms with Crippen molar-refractivity contribution < 1.29 is 47.2 Å². The predicted octanol–water partition coefficient (Wildman–Crippen LogP) is 12.7. The largest absolute Gasteiger partial charge is 1.00 e. The van der Waals surface area contributed by atoms with Gasteiger partial charge in [-0.3, -0.25) is 4.84 Å². The topological polar surface area (TPSA) is 117 Å². The molecule has 0 saturated heterocycles.